The number of amides is 2. The van der Waals surface area contributed by atoms with E-state index in [1.165, 1.54) is 25.2 Å². The van der Waals surface area contributed by atoms with Gasteiger partial charge in [0.25, 0.3) is 0 Å². The average molecular weight is 666 g/mol. The van der Waals surface area contributed by atoms with E-state index in [-0.39, 0.29) is 42.7 Å². The molecule has 1 aliphatic heterocycles. The Labute approximate surface area is 261 Å². The van der Waals surface area contributed by atoms with Gasteiger partial charge in [0.1, 0.15) is 16.9 Å². The van der Waals surface area contributed by atoms with E-state index >= 15 is 0 Å². The molecule has 1 unspecified atom stereocenters. The van der Waals surface area contributed by atoms with Crippen LogP contribution in [-0.4, -0.2) is 94.3 Å². The maximum Gasteiger partial charge on any atom is 0.425 e. The Hall–Kier alpha value is -2.85. The fourth-order valence-corrected chi connectivity index (χ4v) is 6.81. The normalized spacial score (nSPS) is 17.0. The highest BCUT2D eigenvalue weighted by Crippen LogP contribution is 2.50. The number of rotatable bonds is 13. The first-order valence-electron chi connectivity index (χ1n) is 13.9. The molecule has 0 aromatic carbocycles. The molecule has 0 saturated heterocycles. The largest absolute Gasteiger partial charge is 0.480 e. The molecule has 16 nitrogen and oxygen atoms in total. The van der Waals surface area contributed by atoms with Crippen LogP contribution in [0.1, 0.15) is 74.4 Å². The number of imidazole rings is 1. The number of hydrogen-bond acceptors (Lipinski definition) is 15. The van der Waals surface area contributed by atoms with Crippen molar-refractivity contribution in [2.45, 2.75) is 85.9 Å². The van der Waals surface area contributed by atoms with Gasteiger partial charge in [-0.05, 0) is 67.6 Å². The number of imide groups is 1. The zero-order valence-electron chi connectivity index (χ0n) is 27.0. The summed E-state index contributed by atoms with van der Waals surface area (Å²) < 4.78 is 46.3. The monoisotopic (exact) mass is 665 g/mol. The van der Waals surface area contributed by atoms with E-state index in [0.717, 1.165) is 12.0 Å². The topological polar surface area (TPSA) is 180 Å². The average Bonchev–Trinajstić information content (AvgIpc) is 3.35. The molecule has 250 valence electrons. The third-order valence-electron chi connectivity index (χ3n) is 5.02. The van der Waals surface area contributed by atoms with Crippen LogP contribution in [0.3, 0.4) is 0 Å². The number of carbonyl (C=O) groups is 3. The number of anilines is 1. The molecule has 1 atom stereocenters. The van der Waals surface area contributed by atoms with Crippen LogP contribution in [0.4, 0.5) is 15.4 Å². The molecule has 0 saturated carbocycles. The predicted octanol–water partition coefficient (Wildman–Crippen LogP) is 5.25. The molecule has 2 rings (SSSR count). The van der Waals surface area contributed by atoms with Crippen molar-refractivity contribution >= 4 is 49.2 Å². The van der Waals surface area contributed by atoms with Gasteiger partial charge in [0.05, 0.1) is 38.8 Å². The van der Waals surface area contributed by atoms with Gasteiger partial charge in [-0.3, -0.25) is 9.36 Å². The highest BCUT2D eigenvalue weighted by Gasteiger charge is 2.59. The van der Waals surface area contributed by atoms with Crippen LogP contribution in [-0.2, 0) is 42.2 Å². The summed E-state index contributed by atoms with van der Waals surface area (Å²) in [6.07, 6.45) is -0.861. The molecule has 1 N–H and O–H groups in total. The zero-order valence-corrected chi connectivity index (χ0v) is 28.7. The molecule has 18 heteroatoms. The minimum Gasteiger partial charge on any atom is -0.480 e. The van der Waals surface area contributed by atoms with Gasteiger partial charge in [-0.1, -0.05) is 0 Å². The van der Waals surface area contributed by atoms with E-state index < -0.39 is 42.9 Å². The number of hydroxylamine groups is 1. The number of methoxy groups -OCH3 is 1. The lowest BCUT2D eigenvalue weighted by Crippen LogP contribution is -2.68. The number of ether oxygens (including phenoxy) is 4. The van der Waals surface area contributed by atoms with Crippen molar-refractivity contribution in [1.29, 1.82) is 0 Å². The lowest BCUT2D eigenvalue weighted by molar-refractivity contribution is -0.193. The van der Waals surface area contributed by atoms with Crippen molar-refractivity contribution in [2.75, 3.05) is 43.2 Å². The molecule has 0 fully saturated rings. The summed E-state index contributed by atoms with van der Waals surface area (Å²) in [6, 6.07) is 0. The summed E-state index contributed by atoms with van der Waals surface area (Å²) in [4.78, 5) is 57.4. The third kappa shape index (κ3) is 10.1. The highest BCUT2D eigenvalue weighted by atomic mass is 32.2. The van der Waals surface area contributed by atoms with Crippen LogP contribution in [0.5, 0.6) is 0 Å². The first-order chi connectivity index (χ1) is 20.4. The Morgan fingerprint density at radius 2 is 1.61 bits per heavy atom. The molecule has 2 amide bonds. The molecule has 1 aliphatic rings. The molecule has 1 aromatic heterocycles. The van der Waals surface area contributed by atoms with Gasteiger partial charge in [0.15, 0.2) is 0 Å². The second-order valence-electron chi connectivity index (χ2n) is 11.2. The molecular formula is C26H44N5O11PS. The number of aliphatic imine (C=N–C) groups is 1. The van der Waals surface area contributed by atoms with E-state index in [9.17, 15) is 18.9 Å². The second-order valence-corrected chi connectivity index (χ2v) is 14.7. The van der Waals surface area contributed by atoms with Crippen LogP contribution in [0.15, 0.2) is 11.3 Å². The first kappa shape index (κ1) is 37.3. The summed E-state index contributed by atoms with van der Waals surface area (Å²) in [5.74, 6) is -3.20. The van der Waals surface area contributed by atoms with Gasteiger partial charge in [-0.2, -0.15) is 4.99 Å². The summed E-state index contributed by atoms with van der Waals surface area (Å²) in [7, 11) is -1.97. The first-order valence-corrected chi connectivity index (χ1v) is 16.8. The minimum atomic E-state index is -3.28. The van der Waals surface area contributed by atoms with Crippen molar-refractivity contribution in [1.82, 2.24) is 14.9 Å². The number of nitrogens with one attached hydrogen (secondary N) is 1. The standard InChI is InChI=1S/C26H44N5O11PS/c1-11-38-43(35,39-12-2)17-44-15-13-14-37-26(30(22(33)40-24(4,5)6)23(34)41-25(7,8)9)29-21(36-10)19-20(28-16-27-19)31(26)42-18(3)32/h16H,11-15,17H2,1-10H3,(H,27,28). The lowest BCUT2D eigenvalue weighted by atomic mass is 10.2. The molecule has 44 heavy (non-hydrogen) atoms. The number of aromatic amines is 1. The van der Waals surface area contributed by atoms with Gasteiger partial charge >= 0.3 is 31.7 Å². The molecule has 0 aliphatic carbocycles. The van der Waals surface area contributed by atoms with Crippen LogP contribution < -0.4 is 5.06 Å². The Balaban J connectivity index is 2.58. The van der Waals surface area contributed by atoms with Gasteiger partial charge < -0.3 is 37.8 Å². The Morgan fingerprint density at radius 3 is 2.09 bits per heavy atom. The summed E-state index contributed by atoms with van der Waals surface area (Å²) in [5, 5.41) is 0.781. The van der Waals surface area contributed by atoms with Crippen molar-refractivity contribution in [3.05, 3.63) is 12.0 Å². The highest BCUT2D eigenvalue weighted by molar-refractivity contribution is 8.04. The number of thioether (sulfide) groups is 1. The van der Waals surface area contributed by atoms with Crippen LogP contribution >= 0.6 is 19.4 Å². The zero-order chi connectivity index (χ0) is 33.3. The Kier molecular flexibility index (Phi) is 13.1. The van der Waals surface area contributed by atoms with Gasteiger partial charge in [0, 0.05) is 6.92 Å². The molecule has 1 aromatic rings. The molecule has 0 bridgehead atoms. The van der Waals surface area contributed by atoms with Crippen LogP contribution in [0.2, 0.25) is 0 Å². The van der Waals surface area contributed by atoms with Crippen molar-refractivity contribution in [3.63, 3.8) is 0 Å². The predicted molar refractivity (Wildman–Crippen MR) is 162 cm³/mol. The quantitative estimate of drug-likeness (QED) is 0.164. The summed E-state index contributed by atoms with van der Waals surface area (Å²) >= 11 is 1.30. The fourth-order valence-electron chi connectivity index (χ4n) is 3.62. The maximum absolute atomic E-state index is 13.8. The van der Waals surface area contributed by atoms with E-state index in [4.69, 9.17) is 32.8 Å². The van der Waals surface area contributed by atoms with Crippen molar-refractivity contribution in [2.24, 2.45) is 4.99 Å². The van der Waals surface area contributed by atoms with Gasteiger partial charge in [-0.15, -0.1) is 21.7 Å². The molecule has 2 heterocycles. The Morgan fingerprint density at radius 1 is 1.05 bits per heavy atom. The molecular weight excluding hydrogens is 621 g/mol. The van der Waals surface area contributed by atoms with E-state index in [1.807, 2.05) is 0 Å². The number of aromatic nitrogens is 2. The fraction of sp³-hybridized carbons (Fsp3) is 0.731. The van der Waals surface area contributed by atoms with E-state index in [2.05, 4.69) is 15.0 Å². The number of carbonyl (C=O) groups excluding carboxylic acids is 3. The van der Waals surface area contributed by atoms with E-state index in [1.54, 1.807) is 55.4 Å². The minimum absolute atomic E-state index is 0.0760. The molecule has 0 radical (unpaired) electrons. The third-order valence-corrected chi connectivity index (χ3v) is 8.90. The lowest BCUT2D eigenvalue weighted by Gasteiger charge is -2.45. The number of H-pyrrole nitrogens is 1. The van der Waals surface area contributed by atoms with Gasteiger partial charge in [-0.25, -0.2) is 14.6 Å². The van der Waals surface area contributed by atoms with Gasteiger partial charge in [0.2, 0.25) is 11.7 Å². The van der Waals surface area contributed by atoms with Crippen LogP contribution in [0, 0.1) is 0 Å². The summed E-state index contributed by atoms with van der Waals surface area (Å²) in [6.45, 7) is 14.5. The number of hydrogen-bond donors (Lipinski definition) is 1. The van der Waals surface area contributed by atoms with Crippen LogP contribution in [0.25, 0.3) is 0 Å². The summed E-state index contributed by atoms with van der Waals surface area (Å²) in [5.41, 5.74) is -1.86. The maximum atomic E-state index is 13.8. The Bertz CT molecular complexity index is 1190. The number of nitrogens with zero attached hydrogens (tertiary/aromatic N) is 4. The number of fused-ring (bicyclic) bond motifs is 1. The van der Waals surface area contributed by atoms with Crippen molar-refractivity contribution in [3.8, 4) is 0 Å². The smallest absolute Gasteiger partial charge is 0.425 e. The van der Waals surface area contributed by atoms with E-state index in [0.29, 0.717) is 17.1 Å². The SMILES string of the molecule is CCOP(=O)(CSCCCOC1(N(C(=O)OC(C)(C)C)C(=O)OC(C)(C)C)N=C(OC)c2[nH]cnc2N1OC(C)=O)OCC. The second kappa shape index (κ2) is 15.4. The van der Waals surface area contributed by atoms with Crippen molar-refractivity contribution < 1.29 is 51.8 Å². The molecule has 0 spiro atoms.